The van der Waals surface area contributed by atoms with Crippen molar-refractivity contribution < 1.29 is 19.1 Å². The number of carbonyl (C=O) groups is 2. The SMILES string of the molecule is COc1c(Nc2cc(Cl)ncc2C(=O)C2CC2)cccc1-c1ncn(C)n1.COc1c(Nc2cc(Nc3cnc(C)cn3)ncc2C(=O)C2CC2)cccc1-c1ncn(C)n1.Cc1cnc(N)cn1. The van der Waals surface area contributed by atoms with Gasteiger partial charge in [-0.2, -0.15) is 10.2 Å². The first-order valence-electron chi connectivity index (χ1n) is 21.8. The van der Waals surface area contributed by atoms with Crippen molar-refractivity contribution in [1.29, 1.82) is 0 Å². The molecule has 2 aromatic carbocycles. The van der Waals surface area contributed by atoms with Gasteiger partial charge in [0.05, 0.1) is 95.4 Å². The molecule has 6 aromatic heterocycles. The van der Waals surface area contributed by atoms with E-state index >= 15 is 0 Å². The number of pyridine rings is 2. The summed E-state index contributed by atoms with van der Waals surface area (Å²) in [6.07, 6.45) is 16.5. The standard InChI is InChI=1S/C24H24N8O2.C19H18ClN5O2.C5H7N3/c1-14-10-26-21(12-25-14)30-20-9-19(17(11-27-20)22(33)15-7-8-15)29-18-6-4-5-16(23(18)34-3)24-28-13-32(2)31-24;1-25-10-22-19(24-25)12-4-3-5-14(18(12)27-2)23-15-8-16(20)21-9-13(15)17(26)11-6-7-11;1-4-2-8-5(6)3-7-4/h4-6,9-13,15H,7-8H2,1-3H3,(H2,26,27,29,30);3-5,8-11H,6-7H2,1-2H3,(H,21,23);2-3H,1H3,(H2,6,8). The highest BCUT2D eigenvalue weighted by Gasteiger charge is 2.33. The molecule has 6 heterocycles. The minimum atomic E-state index is 0.0510. The number of aryl methyl sites for hydroxylation is 4. The molecule has 2 fully saturated rings. The minimum absolute atomic E-state index is 0.0510. The zero-order chi connectivity index (χ0) is 48.6. The molecular weight excluding hydrogens is 900 g/mol. The van der Waals surface area contributed by atoms with Crippen LogP contribution in [0.4, 0.5) is 40.2 Å². The number of benzene rings is 2. The first kappa shape index (κ1) is 47.1. The molecule has 69 heavy (non-hydrogen) atoms. The topological polar surface area (TPSA) is 253 Å². The zero-order valence-electron chi connectivity index (χ0n) is 38.7. The summed E-state index contributed by atoms with van der Waals surface area (Å²) >= 11 is 6.07. The van der Waals surface area contributed by atoms with Gasteiger partial charge in [-0.05, 0) is 69.9 Å². The third-order valence-corrected chi connectivity index (χ3v) is 10.9. The van der Waals surface area contributed by atoms with Gasteiger partial charge in [-0.1, -0.05) is 23.7 Å². The quantitative estimate of drug-likeness (QED) is 0.0590. The van der Waals surface area contributed by atoms with Gasteiger partial charge in [0.25, 0.3) is 0 Å². The van der Waals surface area contributed by atoms with Crippen molar-refractivity contribution in [3.8, 4) is 34.3 Å². The third-order valence-electron chi connectivity index (χ3n) is 10.7. The van der Waals surface area contributed by atoms with E-state index in [4.69, 9.17) is 26.8 Å². The van der Waals surface area contributed by atoms with Gasteiger partial charge in [-0.3, -0.25) is 28.9 Å². The number of hydrogen-bond acceptors (Lipinski definition) is 18. The number of anilines is 7. The van der Waals surface area contributed by atoms with Gasteiger partial charge in [0, 0.05) is 44.4 Å². The second kappa shape index (κ2) is 21.1. The van der Waals surface area contributed by atoms with Crippen LogP contribution < -0.4 is 31.2 Å². The van der Waals surface area contributed by atoms with E-state index in [0.717, 1.165) is 48.2 Å². The molecule has 2 aliphatic carbocycles. The smallest absolute Gasteiger partial charge is 0.184 e. The van der Waals surface area contributed by atoms with Gasteiger partial charge in [0.2, 0.25) is 0 Å². The number of ketones is 2. The summed E-state index contributed by atoms with van der Waals surface area (Å²) in [5, 5.41) is 18.9. The van der Waals surface area contributed by atoms with Crippen LogP contribution in [0.2, 0.25) is 5.15 Å². The molecule has 0 unspecified atom stereocenters. The van der Waals surface area contributed by atoms with Gasteiger partial charge in [0.1, 0.15) is 35.3 Å². The number of aromatic nitrogens is 12. The van der Waals surface area contributed by atoms with Gasteiger partial charge in [-0.25, -0.2) is 29.9 Å². The van der Waals surface area contributed by atoms with Crippen molar-refractivity contribution in [2.24, 2.45) is 25.9 Å². The van der Waals surface area contributed by atoms with Crippen LogP contribution in [-0.2, 0) is 14.1 Å². The number of Topliss-reactive ketones (excluding diaryl/α,β-unsaturated/α-hetero) is 2. The number of nitrogen functional groups attached to an aromatic ring is 1. The minimum Gasteiger partial charge on any atom is -0.494 e. The highest BCUT2D eigenvalue weighted by atomic mass is 35.5. The zero-order valence-corrected chi connectivity index (χ0v) is 39.4. The van der Waals surface area contributed by atoms with E-state index in [9.17, 15) is 9.59 Å². The predicted molar refractivity (Wildman–Crippen MR) is 261 cm³/mol. The van der Waals surface area contributed by atoms with Crippen LogP contribution >= 0.6 is 11.6 Å². The summed E-state index contributed by atoms with van der Waals surface area (Å²) in [5.41, 5.74) is 12.1. The first-order chi connectivity index (χ1) is 33.4. The average molecular weight is 949 g/mol. The number of nitrogens with one attached hydrogen (secondary N) is 3. The lowest BCUT2D eigenvalue weighted by Gasteiger charge is -2.17. The van der Waals surface area contributed by atoms with Crippen molar-refractivity contribution in [1.82, 2.24) is 59.4 Å². The number of ether oxygens (including phenoxy) is 2. The molecule has 0 aliphatic heterocycles. The maximum absolute atomic E-state index is 13.0. The van der Waals surface area contributed by atoms with E-state index in [1.165, 1.54) is 12.4 Å². The fourth-order valence-electron chi connectivity index (χ4n) is 6.95. The summed E-state index contributed by atoms with van der Waals surface area (Å²) < 4.78 is 14.6. The fourth-order valence-corrected chi connectivity index (χ4v) is 7.11. The fraction of sp³-hybridized carbons (Fsp3) is 0.250. The van der Waals surface area contributed by atoms with Crippen LogP contribution in [0.15, 0.2) is 98.4 Å². The number of nitrogens with two attached hydrogens (primary N) is 1. The summed E-state index contributed by atoms with van der Waals surface area (Å²) in [6.45, 7) is 3.74. The van der Waals surface area contributed by atoms with E-state index < -0.39 is 0 Å². The molecular formula is C48H49ClN16O4. The molecule has 0 spiro atoms. The van der Waals surface area contributed by atoms with Crippen LogP contribution in [0, 0.1) is 25.7 Å². The molecule has 10 rings (SSSR count). The first-order valence-corrected chi connectivity index (χ1v) is 22.2. The Balaban J connectivity index is 0.000000163. The van der Waals surface area contributed by atoms with Gasteiger partial charge >= 0.3 is 0 Å². The molecule has 352 valence electrons. The van der Waals surface area contributed by atoms with E-state index in [1.807, 2.05) is 57.3 Å². The number of carbonyl (C=O) groups excluding carboxylic acids is 2. The van der Waals surface area contributed by atoms with Crippen molar-refractivity contribution >= 4 is 63.4 Å². The van der Waals surface area contributed by atoms with Gasteiger partial charge in [-0.15, -0.1) is 0 Å². The monoisotopic (exact) mass is 948 g/mol. The molecule has 0 saturated heterocycles. The number of hydrogen-bond donors (Lipinski definition) is 4. The molecule has 8 aromatic rings. The Hall–Kier alpha value is -8.39. The van der Waals surface area contributed by atoms with Crippen LogP contribution in [-0.4, -0.2) is 85.2 Å². The van der Waals surface area contributed by atoms with Crippen LogP contribution in [0.1, 0.15) is 57.8 Å². The Kier molecular flexibility index (Phi) is 14.4. The Morgan fingerprint density at radius 3 is 1.52 bits per heavy atom. The molecule has 21 heteroatoms. The molecule has 20 nitrogen and oxygen atoms in total. The Bertz CT molecular complexity index is 3080. The number of para-hydroxylation sites is 2. The predicted octanol–water partition coefficient (Wildman–Crippen LogP) is 8.31. The lowest BCUT2D eigenvalue weighted by atomic mass is 10.1. The van der Waals surface area contributed by atoms with Crippen LogP contribution in [0.3, 0.4) is 0 Å². The molecule has 2 aliphatic rings. The Morgan fingerprint density at radius 2 is 1.09 bits per heavy atom. The van der Waals surface area contributed by atoms with Crippen LogP contribution in [0.25, 0.3) is 22.8 Å². The number of methoxy groups -OCH3 is 2. The van der Waals surface area contributed by atoms with Crippen molar-refractivity contribution in [3.63, 3.8) is 0 Å². The average Bonchev–Trinajstić information content (AvgIpc) is 4.29. The third kappa shape index (κ3) is 11.8. The summed E-state index contributed by atoms with van der Waals surface area (Å²) in [7, 11) is 6.80. The van der Waals surface area contributed by atoms with Crippen molar-refractivity contribution in [3.05, 3.63) is 126 Å². The lowest BCUT2D eigenvalue weighted by Crippen LogP contribution is -2.09. The van der Waals surface area contributed by atoms with Gasteiger partial charge in [0.15, 0.2) is 34.7 Å². The molecule has 0 amide bonds. The van der Waals surface area contributed by atoms with E-state index in [-0.39, 0.29) is 23.4 Å². The summed E-state index contributed by atoms with van der Waals surface area (Å²) in [6, 6.07) is 14.7. The second-order valence-corrected chi connectivity index (χ2v) is 16.6. The number of nitrogens with zero attached hydrogens (tertiary/aromatic N) is 12. The highest BCUT2D eigenvalue weighted by Crippen LogP contribution is 2.41. The maximum Gasteiger partial charge on any atom is 0.184 e. The van der Waals surface area contributed by atoms with Crippen LogP contribution in [0.5, 0.6) is 11.5 Å². The summed E-state index contributed by atoms with van der Waals surface area (Å²) in [5.74, 6) is 4.13. The number of halogens is 1. The van der Waals surface area contributed by atoms with Gasteiger partial charge < -0.3 is 31.2 Å². The van der Waals surface area contributed by atoms with Crippen molar-refractivity contribution in [2.45, 2.75) is 39.5 Å². The normalized spacial score (nSPS) is 12.7. The maximum atomic E-state index is 13.0. The molecule has 2 saturated carbocycles. The highest BCUT2D eigenvalue weighted by molar-refractivity contribution is 6.30. The van der Waals surface area contributed by atoms with E-state index in [2.05, 4.69) is 66.0 Å². The number of rotatable bonds is 14. The van der Waals surface area contributed by atoms with Crippen molar-refractivity contribution in [2.75, 3.05) is 35.9 Å². The lowest BCUT2D eigenvalue weighted by molar-refractivity contribution is 0.0960. The molecule has 0 atom stereocenters. The molecule has 0 radical (unpaired) electrons. The summed E-state index contributed by atoms with van der Waals surface area (Å²) in [4.78, 5) is 59.0. The Labute approximate surface area is 402 Å². The molecule has 5 N–H and O–H groups in total. The Morgan fingerprint density at radius 1 is 0.594 bits per heavy atom. The largest absolute Gasteiger partial charge is 0.494 e. The van der Waals surface area contributed by atoms with E-state index in [1.54, 1.807) is 80.2 Å². The second-order valence-electron chi connectivity index (χ2n) is 16.2. The molecule has 0 bridgehead atoms. The van der Waals surface area contributed by atoms with E-state index in [0.29, 0.717) is 79.6 Å².